The van der Waals surface area contributed by atoms with Gasteiger partial charge in [-0.15, -0.1) is 0 Å². The van der Waals surface area contributed by atoms with E-state index in [9.17, 15) is 4.39 Å². The van der Waals surface area contributed by atoms with Gasteiger partial charge in [0.2, 0.25) is 0 Å². The van der Waals surface area contributed by atoms with Crippen molar-refractivity contribution in [2.75, 3.05) is 0 Å². The molecule has 0 aliphatic heterocycles. The lowest BCUT2D eigenvalue weighted by molar-refractivity contribution is 0.473. The Hall–Kier alpha value is -2.36. The van der Waals surface area contributed by atoms with Gasteiger partial charge in [-0.2, -0.15) is 0 Å². The van der Waals surface area contributed by atoms with Gasteiger partial charge in [0.05, 0.1) is 5.56 Å². The van der Waals surface area contributed by atoms with Gasteiger partial charge in [-0.1, -0.05) is 25.1 Å². The summed E-state index contributed by atoms with van der Waals surface area (Å²) in [6.45, 7) is 2.03. The van der Waals surface area contributed by atoms with Crippen molar-refractivity contribution in [3.63, 3.8) is 0 Å². The molecule has 0 atom stereocenters. The molecule has 0 bridgehead atoms. The Morgan fingerprint density at radius 3 is 2.63 bits per heavy atom. The molecule has 0 saturated heterocycles. The summed E-state index contributed by atoms with van der Waals surface area (Å²) >= 11 is 0. The van der Waals surface area contributed by atoms with Crippen molar-refractivity contribution in [3.05, 3.63) is 59.4 Å². The molecule has 3 N–H and O–H groups in total. The van der Waals surface area contributed by atoms with E-state index in [4.69, 9.17) is 15.9 Å². The average Bonchev–Trinajstić information content (AvgIpc) is 2.41. The van der Waals surface area contributed by atoms with Crippen LogP contribution in [-0.2, 0) is 6.42 Å². The van der Waals surface area contributed by atoms with Gasteiger partial charge in [0, 0.05) is 0 Å². The van der Waals surface area contributed by atoms with Gasteiger partial charge in [0.1, 0.15) is 23.2 Å². The molecular formula is C15H15FN2O. The van der Waals surface area contributed by atoms with Crippen LogP contribution in [0.3, 0.4) is 0 Å². The fraction of sp³-hybridized carbons (Fsp3) is 0.133. The summed E-state index contributed by atoms with van der Waals surface area (Å²) in [6.07, 6.45) is 0.826. The first-order chi connectivity index (χ1) is 9.11. The van der Waals surface area contributed by atoms with Crippen molar-refractivity contribution in [1.82, 2.24) is 0 Å². The molecule has 2 aromatic carbocycles. The number of amidine groups is 1. The number of hydrogen-bond donors (Lipinski definition) is 2. The first-order valence-corrected chi connectivity index (χ1v) is 6.01. The van der Waals surface area contributed by atoms with E-state index in [-0.39, 0.29) is 11.4 Å². The van der Waals surface area contributed by atoms with E-state index in [0.29, 0.717) is 11.5 Å². The molecular weight excluding hydrogens is 243 g/mol. The second kappa shape index (κ2) is 5.52. The fourth-order valence-electron chi connectivity index (χ4n) is 1.82. The third-order valence-electron chi connectivity index (χ3n) is 2.81. The van der Waals surface area contributed by atoms with Gasteiger partial charge in [-0.05, 0) is 36.2 Å². The summed E-state index contributed by atoms with van der Waals surface area (Å²) in [4.78, 5) is 0. The Kier molecular flexibility index (Phi) is 3.80. The second-order valence-electron chi connectivity index (χ2n) is 4.12. The molecule has 3 nitrogen and oxygen atoms in total. The minimum atomic E-state index is -0.443. The number of ether oxygens (including phenoxy) is 1. The largest absolute Gasteiger partial charge is 0.456 e. The number of halogens is 1. The number of nitrogens with two attached hydrogens (primary N) is 1. The third-order valence-corrected chi connectivity index (χ3v) is 2.81. The lowest BCUT2D eigenvalue weighted by atomic mass is 10.1. The Morgan fingerprint density at radius 1 is 1.21 bits per heavy atom. The van der Waals surface area contributed by atoms with Crippen molar-refractivity contribution >= 4 is 5.84 Å². The molecule has 0 aromatic heterocycles. The van der Waals surface area contributed by atoms with Crippen LogP contribution in [0, 0.1) is 11.2 Å². The predicted octanol–water partition coefficient (Wildman–Crippen LogP) is 3.46. The smallest absolute Gasteiger partial charge is 0.138 e. The van der Waals surface area contributed by atoms with Gasteiger partial charge >= 0.3 is 0 Å². The highest BCUT2D eigenvalue weighted by molar-refractivity contribution is 5.97. The van der Waals surface area contributed by atoms with Crippen LogP contribution in [0.5, 0.6) is 11.5 Å². The lowest BCUT2D eigenvalue weighted by Gasteiger charge is -2.13. The van der Waals surface area contributed by atoms with Gasteiger partial charge < -0.3 is 10.5 Å². The van der Waals surface area contributed by atoms with Crippen LogP contribution in [0.1, 0.15) is 18.1 Å². The molecule has 0 fully saturated rings. The molecule has 98 valence electrons. The quantitative estimate of drug-likeness (QED) is 0.651. The highest BCUT2D eigenvalue weighted by atomic mass is 19.1. The third kappa shape index (κ3) is 2.91. The molecule has 0 spiro atoms. The SMILES string of the molecule is CCc1ccccc1Oc1ccc(F)cc1C(=N)N. The summed E-state index contributed by atoms with van der Waals surface area (Å²) in [5, 5.41) is 7.47. The average molecular weight is 258 g/mol. The summed E-state index contributed by atoms with van der Waals surface area (Å²) in [6, 6.07) is 11.6. The molecule has 0 amide bonds. The summed E-state index contributed by atoms with van der Waals surface area (Å²) < 4.78 is 18.9. The van der Waals surface area contributed by atoms with E-state index < -0.39 is 5.82 Å². The van der Waals surface area contributed by atoms with Crippen molar-refractivity contribution in [3.8, 4) is 11.5 Å². The van der Waals surface area contributed by atoms with E-state index in [2.05, 4.69) is 0 Å². The number of nitrogens with one attached hydrogen (secondary N) is 1. The maximum absolute atomic E-state index is 13.2. The monoisotopic (exact) mass is 258 g/mol. The normalized spacial score (nSPS) is 10.2. The highest BCUT2D eigenvalue weighted by Crippen LogP contribution is 2.28. The van der Waals surface area contributed by atoms with Gasteiger partial charge in [0.25, 0.3) is 0 Å². The highest BCUT2D eigenvalue weighted by Gasteiger charge is 2.10. The fourth-order valence-corrected chi connectivity index (χ4v) is 1.82. The molecule has 0 heterocycles. The first kappa shape index (κ1) is 13.1. The predicted molar refractivity (Wildman–Crippen MR) is 73.3 cm³/mol. The Morgan fingerprint density at radius 2 is 1.95 bits per heavy atom. The Bertz CT molecular complexity index is 611. The number of nitrogen functional groups attached to an aromatic ring is 1. The Labute approximate surface area is 111 Å². The first-order valence-electron chi connectivity index (χ1n) is 6.01. The molecule has 0 aliphatic carbocycles. The van der Waals surface area contributed by atoms with Crippen LogP contribution in [0.4, 0.5) is 4.39 Å². The molecule has 0 unspecified atom stereocenters. The second-order valence-corrected chi connectivity index (χ2v) is 4.12. The number of para-hydroxylation sites is 1. The summed E-state index contributed by atoms with van der Waals surface area (Å²) in [5.41, 5.74) is 6.74. The minimum absolute atomic E-state index is 0.219. The molecule has 2 aromatic rings. The molecule has 19 heavy (non-hydrogen) atoms. The number of benzene rings is 2. The van der Waals surface area contributed by atoms with Crippen molar-refractivity contribution in [1.29, 1.82) is 5.41 Å². The zero-order valence-corrected chi connectivity index (χ0v) is 10.6. The molecule has 0 aliphatic rings. The van der Waals surface area contributed by atoms with E-state index >= 15 is 0 Å². The standard InChI is InChI=1S/C15H15FN2O/c1-2-10-5-3-4-6-13(10)19-14-8-7-11(16)9-12(14)15(17)18/h3-9H,2H2,1H3,(H3,17,18). The van der Waals surface area contributed by atoms with Gasteiger partial charge in [-0.25, -0.2) is 4.39 Å². The Balaban J connectivity index is 2.41. The topological polar surface area (TPSA) is 59.1 Å². The van der Waals surface area contributed by atoms with Crippen LogP contribution >= 0.6 is 0 Å². The van der Waals surface area contributed by atoms with Crippen LogP contribution in [0.15, 0.2) is 42.5 Å². The molecule has 0 radical (unpaired) electrons. The number of rotatable bonds is 4. The van der Waals surface area contributed by atoms with E-state index in [1.54, 1.807) is 0 Å². The van der Waals surface area contributed by atoms with Crippen molar-refractivity contribution < 1.29 is 9.13 Å². The molecule has 4 heteroatoms. The van der Waals surface area contributed by atoms with Gasteiger partial charge in [0.15, 0.2) is 0 Å². The minimum Gasteiger partial charge on any atom is -0.456 e. The summed E-state index contributed by atoms with van der Waals surface area (Å²) in [7, 11) is 0. The van der Waals surface area contributed by atoms with E-state index in [1.165, 1.54) is 18.2 Å². The summed E-state index contributed by atoms with van der Waals surface area (Å²) in [5.74, 6) is 0.415. The van der Waals surface area contributed by atoms with Crippen molar-refractivity contribution in [2.24, 2.45) is 5.73 Å². The van der Waals surface area contributed by atoms with Crippen molar-refractivity contribution in [2.45, 2.75) is 13.3 Å². The zero-order chi connectivity index (χ0) is 13.8. The van der Waals surface area contributed by atoms with E-state index in [0.717, 1.165) is 12.0 Å². The maximum atomic E-state index is 13.2. The zero-order valence-electron chi connectivity index (χ0n) is 10.6. The van der Waals surface area contributed by atoms with Crippen LogP contribution in [0.25, 0.3) is 0 Å². The van der Waals surface area contributed by atoms with Crippen LogP contribution in [0.2, 0.25) is 0 Å². The molecule has 2 rings (SSSR count). The number of aryl methyl sites for hydroxylation is 1. The molecule has 0 saturated carbocycles. The number of hydrogen-bond acceptors (Lipinski definition) is 2. The van der Waals surface area contributed by atoms with Crippen LogP contribution in [-0.4, -0.2) is 5.84 Å². The van der Waals surface area contributed by atoms with E-state index in [1.807, 2.05) is 31.2 Å². The van der Waals surface area contributed by atoms with Crippen LogP contribution < -0.4 is 10.5 Å². The lowest BCUT2D eigenvalue weighted by Crippen LogP contribution is -2.12. The maximum Gasteiger partial charge on any atom is 0.138 e. The van der Waals surface area contributed by atoms with Gasteiger partial charge in [-0.3, -0.25) is 5.41 Å².